The highest BCUT2D eigenvalue weighted by atomic mass is 32.1. The topological polar surface area (TPSA) is 113 Å². The molecule has 0 atom stereocenters. The molecule has 0 unspecified atom stereocenters. The molecule has 1 aliphatic carbocycles. The second-order valence-corrected chi connectivity index (χ2v) is 12.7. The summed E-state index contributed by atoms with van der Waals surface area (Å²) >= 11 is 1.32. The van der Waals surface area contributed by atoms with E-state index in [0.29, 0.717) is 49.5 Å². The van der Waals surface area contributed by atoms with Crippen LogP contribution in [-0.2, 0) is 19.1 Å². The van der Waals surface area contributed by atoms with Crippen LogP contribution in [0.2, 0.25) is 0 Å². The Bertz CT molecular complexity index is 1200. The van der Waals surface area contributed by atoms with Crippen molar-refractivity contribution >= 4 is 39.2 Å². The molecule has 1 saturated carbocycles. The first-order chi connectivity index (χ1) is 18.9. The molecule has 218 valence electrons. The van der Waals surface area contributed by atoms with Crippen molar-refractivity contribution in [1.29, 1.82) is 0 Å². The number of ether oxygens (including phenoxy) is 1. The van der Waals surface area contributed by atoms with Crippen LogP contribution >= 0.6 is 11.3 Å². The zero-order chi connectivity index (χ0) is 28.9. The summed E-state index contributed by atoms with van der Waals surface area (Å²) in [5, 5.41) is 9.71. The van der Waals surface area contributed by atoms with E-state index in [9.17, 15) is 18.8 Å². The minimum absolute atomic E-state index is 0.152. The minimum atomic E-state index is -1.29. The minimum Gasteiger partial charge on any atom is -0.378 e. The first-order valence-electron chi connectivity index (χ1n) is 14.0. The second kappa shape index (κ2) is 12.6. The monoisotopic (exact) mass is 573 g/mol. The van der Waals surface area contributed by atoms with E-state index in [2.05, 4.69) is 25.8 Å². The Morgan fingerprint density at radius 1 is 0.975 bits per heavy atom. The van der Waals surface area contributed by atoms with Gasteiger partial charge in [0.15, 0.2) is 5.13 Å². The standard InChI is InChI=1S/C29H40FN5O4S/c1-28(2,34-26(38)29(3,4)33-22(36)18-19-8-6-5-7-9-19)25(37)32-27-31-23(20-10-12-21(30)13-11-20)24(40-27)35-14-16-39-17-15-35/h10-13,19H,5-9,14-18H2,1-4H3,(H,33,36)(H,34,38)(H,31,32,37). The maximum absolute atomic E-state index is 13.6. The molecule has 1 aromatic carbocycles. The van der Waals surface area contributed by atoms with Crippen LogP contribution in [0.15, 0.2) is 24.3 Å². The Hall–Kier alpha value is -3.05. The number of nitrogens with one attached hydrogen (secondary N) is 3. The van der Waals surface area contributed by atoms with E-state index in [-0.39, 0.29) is 11.7 Å². The van der Waals surface area contributed by atoms with Crippen LogP contribution in [0.1, 0.15) is 66.2 Å². The van der Waals surface area contributed by atoms with Gasteiger partial charge in [-0.1, -0.05) is 30.6 Å². The number of hydrogen-bond donors (Lipinski definition) is 3. The average molecular weight is 574 g/mol. The maximum Gasteiger partial charge on any atom is 0.251 e. The van der Waals surface area contributed by atoms with E-state index in [1.165, 1.54) is 29.9 Å². The van der Waals surface area contributed by atoms with Crippen LogP contribution in [0.3, 0.4) is 0 Å². The third kappa shape index (κ3) is 7.57. The fourth-order valence-corrected chi connectivity index (χ4v) is 6.04. The fraction of sp³-hybridized carbons (Fsp3) is 0.586. The van der Waals surface area contributed by atoms with E-state index < -0.39 is 22.9 Å². The largest absolute Gasteiger partial charge is 0.378 e. The summed E-state index contributed by atoms with van der Waals surface area (Å²) in [5.41, 5.74) is -1.10. The zero-order valence-electron chi connectivity index (χ0n) is 23.8. The first kappa shape index (κ1) is 29.9. The van der Waals surface area contributed by atoms with Gasteiger partial charge < -0.3 is 20.3 Å². The summed E-state index contributed by atoms with van der Waals surface area (Å²) in [4.78, 5) is 46.0. The number of nitrogens with zero attached hydrogens (tertiary/aromatic N) is 2. The van der Waals surface area contributed by atoms with Gasteiger partial charge in [0.05, 0.1) is 13.2 Å². The van der Waals surface area contributed by atoms with E-state index in [1.807, 2.05) is 0 Å². The number of aromatic nitrogens is 1. The molecule has 0 spiro atoms. The smallest absolute Gasteiger partial charge is 0.251 e. The zero-order valence-corrected chi connectivity index (χ0v) is 24.6. The third-order valence-corrected chi connectivity index (χ3v) is 8.49. The second-order valence-electron chi connectivity index (χ2n) is 11.7. The molecular formula is C29H40FN5O4S. The summed E-state index contributed by atoms with van der Waals surface area (Å²) in [7, 11) is 0. The van der Waals surface area contributed by atoms with Gasteiger partial charge in [-0.05, 0) is 70.7 Å². The van der Waals surface area contributed by atoms with Crippen molar-refractivity contribution in [2.75, 3.05) is 36.5 Å². The number of amides is 3. The molecule has 0 radical (unpaired) electrons. The van der Waals surface area contributed by atoms with Crippen LogP contribution < -0.4 is 20.9 Å². The van der Waals surface area contributed by atoms with Crippen LogP contribution in [0, 0.1) is 11.7 Å². The summed E-state index contributed by atoms with van der Waals surface area (Å²) in [5.74, 6) is -1.04. The normalized spacial score (nSPS) is 16.9. The van der Waals surface area contributed by atoms with Gasteiger partial charge in [-0.15, -0.1) is 0 Å². The molecule has 2 aliphatic rings. The quantitative estimate of drug-likeness (QED) is 0.408. The molecule has 0 bridgehead atoms. The molecule has 2 heterocycles. The number of thiazole rings is 1. The van der Waals surface area contributed by atoms with Gasteiger partial charge in [-0.2, -0.15) is 0 Å². The molecule has 1 aliphatic heterocycles. The predicted molar refractivity (Wildman–Crippen MR) is 155 cm³/mol. The molecule has 3 N–H and O–H groups in total. The Morgan fingerprint density at radius 2 is 1.60 bits per heavy atom. The van der Waals surface area contributed by atoms with Gasteiger partial charge in [0.2, 0.25) is 11.8 Å². The van der Waals surface area contributed by atoms with Crippen LogP contribution in [0.5, 0.6) is 0 Å². The number of benzene rings is 1. The van der Waals surface area contributed by atoms with Gasteiger partial charge in [0.1, 0.15) is 27.6 Å². The van der Waals surface area contributed by atoms with Crippen molar-refractivity contribution in [3.05, 3.63) is 30.1 Å². The van der Waals surface area contributed by atoms with Gasteiger partial charge in [0.25, 0.3) is 5.91 Å². The highest BCUT2D eigenvalue weighted by Gasteiger charge is 2.37. The highest BCUT2D eigenvalue weighted by Crippen LogP contribution is 2.39. The molecule has 9 nitrogen and oxygen atoms in total. The van der Waals surface area contributed by atoms with E-state index in [4.69, 9.17) is 4.74 Å². The van der Waals surface area contributed by atoms with Crippen molar-refractivity contribution < 1.29 is 23.5 Å². The molecule has 4 rings (SSSR count). The Morgan fingerprint density at radius 3 is 2.25 bits per heavy atom. The lowest BCUT2D eigenvalue weighted by molar-refractivity contribution is -0.136. The van der Waals surface area contributed by atoms with Crippen molar-refractivity contribution in [3.8, 4) is 11.3 Å². The van der Waals surface area contributed by atoms with Gasteiger partial charge in [-0.3, -0.25) is 19.7 Å². The summed E-state index contributed by atoms with van der Waals surface area (Å²) in [6.07, 6.45) is 5.99. The van der Waals surface area contributed by atoms with Crippen molar-refractivity contribution in [3.63, 3.8) is 0 Å². The van der Waals surface area contributed by atoms with E-state index in [0.717, 1.165) is 36.2 Å². The number of anilines is 2. The first-order valence-corrected chi connectivity index (χ1v) is 14.8. The molecule has 11 heteroatoms. The average Bonchev–Trinajstić information content (AvgIpc) is 3.33. The lowest BCUT2D eigenvalue weighted by atomic mass is 9.86. The Labute approximate surface area is 239 Å². The van der Waals surface area contributed by atoms with Crippen LogP contribution in [-0.4, -0.2) is 60.1 Å². The van der Waals surface area contributed by atoms with E-state index >= 15 is 0 Å². The van der Waals surface area contributed by atoms with Crippen LogP contribution in [0.25, 0.3) is 11.3 Å². The summed E-state index contributed by atoms with van der Waals surface area (Å²) in [6.45, 7) is 9.00. The molecule has 2 fully saturated rings. The SMILES string of the molecule is CC(C)(NC(=O)CC1CCCCC1)C(=O)NC(C)(C)C(=O)Nc1nc(-c2ccc(F)cc2)c(N2CCOCC2)s1. The molecular weight excluding hydrogens is 533 g/mol. The number of halogens is 1. The molecule has 3 amide bonds. The van der Waals surface area contributed by atoms with Crippen molar-refractivity contribution in [2.45, 2.75) is 77.3 Å². The fourth-order valence-electron chi connectivity index (χ4n) is 5.00. The molecule has 2 aromatic rings. The lowest BCUT2D eigenvalue weighted by Gasteiger charge is -2.32. The Kier molecular flexibility index (Phi) is 9.45. The number of rotatable bonds is 9. The van der Waals surface area contributed by atoms with Crippen molar-refractivity contribution in [1.82, 2.24) is 15.6 Å². The summed E-state index contributed by atoms with van der Waals surface area (Å²) < 4.78 is 19.1. The van der Waals surface area contributed by atoms with E-state index in [1.54, 1.807) is 39.8 Å². The lowest BCUT2D eigenvalue weighted by Crippen LogP contribution is -2.62. The number of carbonyl (C=O) groups excluding carboxylic acids is 3. The van der Waals surface area contributed by atoms with Crippen LogP contribution in [0.4, 0.5) is 14.5 Å². The van der Waals surface area contributed by atoms with Crippen molar-refractivity contribution in [2.24, 2.45) is 5.92 Å². The predicted octanol–water partition coefficient (Wildman–Crippen LogP) is 4.48. The van der Waals surface area contributed by atoms with Gasteiger partial charge >= 0.3 is 0 Å². The molecule has 1 aromatic heterocycles. The Balaban J connectivity index is 1.43. The highest BCUT2D eigenvalue weighted by molar-refractivity contribution is 7.20. The number of morpholine rings is 1. The molecule has 1 saturated heterocycles. The third-order valence-electron chi connectivity index (χ3n) is 7.46. The number of carbonyl (C=O) groups is 3. The molecule has 40 heavy (non-hydrogen) atoms. The summed E-state index contributed by atoms with van der Waals surface area (Å²) in [6, 6.07) is 6.08. The van der Waals surface area contributed by atoms with Gasteiger partial charge in [0, 0.05) is 25.1 Å². The maximum atomic E-state index is 13.6. The number of hydrogen-bond acceptors (Lipinski definition) is 7. The van der Waals surface area contributed by atoms with Gasteiger partial charge in [-0.25, -0.2) is 9.37 Å².